The van der Waals surface area contributed by atoms with Crippen LogP contribution in [0.5, 0.6) is 5.75 Å². The van der Waals surface area contributed by atoms with Crippen LogP contribution in [-0.2, 0) is 6.42 Å². The van der Waals surface area contributed by atoms with Crippen molar-refractivity contribution in [3.8, 4) is 22.9 Å². The molecule has 4 nitrogen and oxygen atoms in total. The molecule has 1 atom stereocenters. The van der Waals surface area contributed by atoms with Crippen molar-refractivity contribution in [3.05, 3.63) is 101 Å². The van der Waals surface area contributed by atoms with Gasteiger partial charge in [-0.25, -0.2) is 4.98 Å². The van der Waals surface area contributed by atoms with Crippen molar-refractivity contribution in [1.29, 1.82) is 5.26 Å². The van der Waals surface area contributed by atoms with E-state index in [9.17, 15) is 0 Å². The van der Waals surface area contributed by atoms with Crippen molar-refractivity contribution in [2.75, 3.05) is 12.8 Å². The first-order valence-corrected chi connectivity index (χ1v) is 10.5. The fourth-order valence-electron chi connectivity index (χ4n) is 3.50. The number of anilines is 1. The quantitative estimate of drug-likeness (QED) is 0.445. The lowest BCUT2D eigenvalue weighted by atomic mass is 9.89. The van der Waals surface area contributed by atoms with Gasteiger partial charge < -0.3 is 10.5 Å². The largest absolute Gasteiger partial charge is 0.497 e. The van der Waals surface area contributed by atoms with Gasteiger partial charge in [-0.15, -0.1) is 11.3 Å². The number of aromatic nitrogens is 1. The van der Waals surface area contributed by atoms with Crippen molar-refractivity contribution in [2.24, 2.45) is 0 Å². The summed E-state index contributed by atoms with van der Waals surface area (Å²) in [5, 5.41) is 11.6. The molecule has 0 aliphatic heterocycles. The zero-order valence-corrected chi connectivity index (χ0v) is 17.4. The fourth-order valence-corrected chi connectivity index (χ4v) is 4.11. The third-order valence-corrected chi connectivity index (χ3v) is 5.85. The lowest BCUT2D eigenvalue weighted by Crippen LogP contribution is -2.06. The Morgan fingerprint density at radius 3 is 2.13 bits per heavy atom. The Morgan fingerprint density at radius 2 is 1.60 bits per heavy atom. The van der Waals surface area contributed by atoms with Gasteiger partial charge in [0.25, 0.3) is 0 Å². The van der Waals surface area contributed by atoms with Crippen molar-refractivity contribution in [3.63, 3.8) is 0 Å². The van der Waals surface area contributed by atoms with Gasteiger partial charge in [0.15, 0.2) is 5.13 Å². The molecule has 0 bridgehead atoms. The number of thiazole rings is 1. The number of ether oxygens (including phenoxy) is 1. The summed E-state index contributed by atoms with van der Waals surface area (Å²) in [6, 6.07) is 26.5. The first-order valence-electron chi connectivity index (χ1n) is 9.60. The van der Waals surface area contributed by atoms with Crippen LogP contribution in [0, 0.1) is 11.3 Å². The monoisotopic (exact) mass is 411 g/mol. The van der Waals surface area contributed by atoms with Crippen molar-refractivity contribution in [2.45, 2.75) is 12.3 Å². The molecule has 0 saturated heterocycles. The number of nitrogen functional groups attached to an aromatic ring is 1. The second-order valence-electron chi connectivity index (χ2n) is 7.03. The molecule has 0 fully saturated rings. The van der Waals surface area contributed by atoms with Crippen LogP contribution in [0.15, 0.2) is 78.2 Å². The minimum atomic E-state index is 0.116. The third kappa shape index (κ3) is 4.35. The minimum Gasteiger partial charge on any atom is -0.497 e. The highest BCUT2D eigenvalue weighted by atomic mass is 32.1. The van der Waals surface area contributed by atoms with Crippen molar-refractivity contribution >= 4 is 16.5 Å². The topological polar surface area (TPSA) is 71.9 Å². The molecule has 3 aromatic carbocycles. The number of benzene rings is 3. The van der Waals surface area contributed by atoms with Crippen LogP contribution < -0.4 is 10.5 Å². The van der Waals surface area contributed by atoms with Crippen LogP contribution in [0.1, 0.15) is 28.3 Å². The standard InChI is InChI=1S/C25H21N3OS/c1-29-22-12-10-21(11-13-22)23(24-16-30-25(27)28-24)14-17-2-6-19(7-3-17)20-8-4-18(15-26)5-9-20/h2-13,16,23H,14H2,1H3,(H2,27,28)/t23-/m0/s1. The van der Waals surface area contributed by atoms with E-state index < -0.39 is 0 Å². The first kappa shape index (κ1) is 19.7. The molecule has 0 saturated carbocycles. The second-order valence-corrected chi connectivity index (χ2v) is 7.92. The molecular formula is C25H21N3OS. The summed E-state index contributed by atoms with van der Waals surface area (Å²) in [7, 11) is 1.67. The summed E-state index contributed by atoms with van der Waals surface area (Å²) in [6.45, 7) is 0. The Morgan fingerprint density at radius 1 is 0.967 bits per heavy atom. The average molecular weight is 412 g/mol. The summed E-state index contributed by atoms with van der Waals surface area (Å²) >= 11 is 1.47. The van der Waals surface area contributed by atoms with Crippen LogP contribution in [0.4, 0.5) is 5.13 Å². The molecule has 1 heterocycles. The number of hydrogen-bond acceptors (Lipinski definition) is 5. The lowest BCUT2D eigenvalue weighted by Gasteiger charge is -2.16. The smallest absolute Gasteiger partial charge is 0.180 e. The highest BCUT2D eigenvalue weighted by Gasteiger charge is 2.18. The molecule has 2 N–H and O–H groups in total. The summed E-state index contributed by atoms with van der Waals surface area (Å²) in [4.78, 5) is 4.55. The minimum absolute atomic E-state index is 0.116. The van der Waals surface area contributed by atoms with E-state index in [0.29, 0.717) is 10.7 Å². The van der Waals surface area contributed by atoms with Gasteiger partial charge >= 0.3 is 0 Å². The molecule has 30 heavy (non-hydrogen) atoms. The van der Waals surface area contributed by atoms with E-state index >= 15 is 0 Å². The molecule has 4 aromatic rings. The Hall–Kier alpha value is -3.62. The van der Waals surface area contributed by atoms with Crippen LogP contribution in [0.25, 0.3) is 11.1 Å². The molecule has 0 radical (unpaired) electrons. The highest BCUT2D eigenvalue weighted by molar-refractivity contribution is 7.13. The summed E-state index contributed by atoms with van der Waals surface area (Å²) < 4.78 is 5.30. The highest BCUT2D eigenvalue weighted by Crippen LogP contribution is 2.32. The van der Waals surface area contributed by atoms with Gasteiger partial charge in [-0.05, 0) is 52.9 Å². The second kappa shape index (κ2) is 8.81. The van der Waals surface area contributed by atoms with Crippen LogP contribution >= 0.6 is 11.3 Å². The SMILES string of the molecule is COc1ccc([C@H](Cc2ccc(-c3ccc(C#N)cc3)cc2)c2csc(N)n2)cc1. The van der Waals surface area contributed by atoms with Gasteiger partial charge in [0.1, 0.15) is 5.75 Å². The Bertz CT molecular complexity index is 1160. The van der Waals surface area contributed by atoms with E-state index in [1.807, 2.05) is 41.8 Å². The number of rotatable bonds is 6. The summed E-state index contributed by atoms with van der Waals surface area (Å²) in [6.07, 6.45) is 0.823. The average Bonchev–Trinajstić information content (AvgIpc) is 3.24. The summed E-state index contributed by atoms with van der Waals surface area (Å²) in [5.41, 5.74) is 12.2. The normalized spacial score (nSPS) is 11.6. The maximum atomic E-state index is 8.97. The predicted molar refractivity (Wildman–Crippen MR) is 122 cm³/mol. The Labute approximate surface area is 180 Å². The van der Waals surface area contributed by atoms with E-state index in [0.717, 1.165) is 29.0 Å². The van der Waals surface area contributed by atoms with E-state index in [4.69, 9.17) is 15.7 Å². The molecule has 5 heteroatoms. The van der Waals surface area contributed by atoms with E-state index in [1.54, 1.807) is 7.11 Å². The molecule has 0 spiro atoms. The predicted octanol–water partition coefficient (Wildman–Crippen LogP) is 5.65. The van der Waals surface area contributed by atoms with E-state index in [-0.39, 0.29) is 5.92 Å². The van der Waals surface area contributed by atoms with Crippen LogP contribution in [0.2, 0.25) is 0 Å². The molecule has 0 aliphatic carbocycles. The van der Waals surface area contributed by atoms with Crippen molar-refractivity contribution in [1.82, 2.24) is 4.98 Å². The Balaban J connectivity index is 1.59. The lowest BCUT2D eigenvalue weighted by molar-refractivity contribution is 0.414. The van der Waals surface area contributed by atoms with Gasteiger partial charge in [-0.2, -0.15) is 5.26 Å². The maximum Gasteiger partial charge on any atom is 0.180 e. The maximum absolute atomic E-state index is 8.97. The molecule has 4 rings (SSSR count). The van der Waals surface area contributed by atoms with Gasteiger partial charge in [-0.1, -0.05) is 48.5 Å². The van der Waals surface area contributed by atoms with Gasteiger partial charge in [0.05, 0.1) is 24.4 Å². The molecular weight excluding hydrogens is 390 g/mol. The molecule has 148 valence electrons. The number of nitriles is 1. The van der Waals surface area contributed by atoms with E-state index in [2.05, 4.69) is 47.5 Å². The Kier molecular flexibility index (Phi) is 5.78. The van der Waals surface area contributed by atoms with Gasteiger partial charge in [-0.3, -0.25) is 0 Å². The van der Waals surface area contributed by atoms with Gasteiger partial charge in [0.2, 0.25) is 0 Å². The fraction of sp³-hybridized carbons (Fsp3) is 0.120. The van der Waals surface area contributed by atoms with Gasteiger partial charge in [0, 0.05) is 11.3 Å². The zero-order valence-electron chi connectivity index (χ0n) is 16.6. The molecule has 0 aliphatic rings. The zero-order chi connectivity index (χ0) is 20.9. The number of nitrogens with two attached hydrogens (primary N) is 1. The number of hydrogen-bond donors (Lipinski definition) is 1. The van der Waals surface area contributed by atoms with E-state index in [1.165, 1.54) is 22.5 Å². The number of nitrogens with zero attached hydrogens (tertiary/aromatic N) is 2. The molecule has 1 aromatic heterocycles. The number of methoxy groups -OCH3 is 1. The molecule has 0 amide bonds. The first-order chi connectivity index (χ1) is 14.7. The third-order valence-electron chi connectivity index (χ3n) is 5.16. The van der Waals surface area contributed by atoms with Crippen LogP contribution in [0.3, 0.4) is 0 Å². The molecule has 0 unspecified atom stereocenters. The van der Waals surface area contributed by atoms with Crippen molar-refractivity contribution < 1.29 is 4.74 Å². The summed E-state index contributed by atoms with van der Waals surface area (Å²) in [5.74, 6) is 0.951. The van der Waals surface area contributed by atoms with Crippen LogP contribution in [-0.4, -0.2) is 12.1 Å².